The lowest BCUT2D eigenvalue weighted by molar-refractivity contribution is 0.162. The van der Waals surface area contributed by atoms with Crippen molar-refractivity contribution in [2.24, 2.45) is 5.92 Å². The second-order valence-electron chi connectivity index (χ2n) is 9.84. The van der Waals surface area contributed by atoms with Gasteiger partial charge in [0.1, 0.15) is 5.82 Å². The molecule has 5 rings (SSSR count). The number of fused-ring (bicyclic) bond motifs is 3. The standard InChI is InChI=1S/C23H34BrN5O2/c1-14(13-31-2)26-16-5-6-17(10-16)27-21-18-9-15(12-30)23(7-3-4-8-23)20(18)28-22-19(24)11-25-29(21)22/h11,14-17,26-27,30H,3-10,12-13H2,1-2H3/t14?,15?,16-,17-/m0/s1. The fourth-order valence-corrected chi connectivity index (χ4v) is 6.78. The fourth-order valence-electron chi connectivity index (χ4n) is 6.44. The van der Waals surface area contributed by atoms with E-state index < -0.39 is 0 Å². The highest BCUT2D eigenvalue weighted by molar-refractivity contribution is 9.10. The van der Waals surface area contributed by atoms with Gasteiger partial charge in [-0.15, -0.1) is 0 Å². The Morgan fingerprint density at radius 2 is 2.10 bits per heavy atom. The highest BCUT2D eigenvalue weighted by Crippen LogP contribution is 2.54. The van der Waals surface area contributed by atoms with Crippen LogP contribution in [0.5, 0.6) is 0 Å². The van der Waals surface area contributed by atoms with Crippen LogP contribution in [0.2, 0.25) is 0 Å². The average Bonchev–Trinajstić information content (AvgIpc) is 3.52. The summed E-state index contributed by atoms with van der Waals surface area (Å²) in [5.41, 5.74) is 3.39. The number of aromatic nitrogens is 3. The maximum absolute atomic E-state index is 10.2. The van der Waals surface area contributed by atoms with Gasteiger partial charge in [-0.2, -0.15) is 9.61 Å². The van der Waals surface area contributed by atoms with E-state index in [0.29, 0.717) is 18.1 Å². The van der Waals surface area contributed by atoms with Crippen molar-refractivity contribution in [2.45, 2.75) is 81.8 Å². The molecular weight excluding hydrogens is 458 g/mol. The van der Waals surface area contributed by atoms with E-state index in [1.165, 1.54) is 24.1 Å². The van der Waals surface area contributed by atoms with Crippen LogP contribution in [0, 0.1) is 5.92 Å². The molecule has 170 valence electrons. The summed E-state index contributed by atoms with van der Waals surface area (Å²) in [6.45, 7) is 3.14. The van der Waals surface area contributed by atoms with Crippen molar-refractivity contribution in [1.29, 1.82) is 0 Å². The van der Waals surface area contributed by atoms with E-state index in [0.717, 1.165) is 61.1 Å². The van der Waals surface area contributed by atoms with Gasteiger partial charge in [-0.1, -0.05) is 12.8 Å². The first-order valence-corrected chi connectivity index (χ1v) is 12.5. The molecule has 0 radical (unpaired) electrons. The summed E-state index contributed by atoms with van der Waals surface area (Å²) < 4.78 is 8.18. The molecule has 2 unspecified atom stereocenters. The number of hydrogen-bond donors (Lipinski definition) is 3. The normalized spacial score (nSPS) is 27.9. The number of rotatable bonds is 7. The molecule has 3 N–H and O–H groups in total. The van der Waals surface area contributed by atoms with Gasteiger partial charge >= 0.3 is 0 Å². The number of aliphatic hydroxyl groups is 1. The molecule has 4 atom stereocenters. The zero-order valence-corrected chi connectivity index (χ0v) is 20.1. The predicted molar refractivity (Wildman–Crippen MR) is 125 cm³/mol. The quantitative estimate of drug-likeness (QED) is 0.550. The molecule has 31 heavy (non-hydrogen) atoms. The molecule has 0 bridgehead atoms. The third-order valence-corrected chi connectivity index (χ3v) is 8.39. The second-order valence-corrected chi connectivity index (χ2v) is 10.7. The molecule has 3 aliphatic carbocycles. The number of methoxy groups -OCH3 is 1. The Morgan fingerprint density at radius 1 is 1.32 bits per heavy atom. The SMILES string of the molecule is COCC(C)N[C@H]1CC[C@H](Nc2c3c(nc4c(Br)cnn24)C2(CCCC2)C(CO)C3)C1. The van der Waals surface area contributed by atoms with E-state index in [4.69, 9.17) is 9.72 Å². The van der Waals surface area contributed by atoms with Crippen LogP contribution in [-0.2, 0) is 16.6 Å². The number of nitrogens with one attached hydrogen (secondary N) is 2. The monoisotopic (exact) mass is 491 g/mol. The van der Waals surface area contributed by atoms with Crippen LogP contribution in [0.1, 0.15) is 63.1 Å². The molecule has 8 heteroatoms. The van der Waals surface area contributed by atoms with E-state index in [2.05, 4.69) is 38.6 Å². The van der Waals surface area contributed by atoms with Gasteiger partial charge in [0.2, 0.25) is 0 Å². The third-order valence-electron chi connectivity index (χ3n) is 7.83. The molecule has 0 amide bonds. The zero-order valence-electron chi connectivity index (χ0n) is 18.5. The molecule has 7 nitrogen and oxygen atoms in total. The molecule has 2 fully saturated rings. The Kier molecular flexibility index (Phi) is 6.01. The lowest BCUT2D eigenvalue weighted by Crippen LogP contribution is -2.38. The minimum absolute atomic E-state index is 0.0291. The molecule has 2 saturated carbocycles. The topological polar surface area (TPSA) is 83.7 Å². The molecule has 2 heterocycles. The molecule has 0 aromatic carbocycles. The van der Waals surface area contributed by atoms with Crippen molar-refractivity contribution >= 4 is 27.4 Å². The predicted octanol–water partition coefficient (Wildman–Crippen LogP) is 3.43. The number of ether oxygens (including phenoxy) is 1. The van der Waals surface area contributed by atoms with Gasteiger partial charge in [-0.05, 0) is 67.3 Å². The molecule has 1 spiro atoms. The van der Waals surface area contributed by atoms with Crippen molar-refractivity contribution in [2.75, 3.05) is 25.6 Å². The maximum atomic E-state index is 10.2. The summed E-state index contributed by atoms with van der Waals surface area (Å²) in [4.78, 5) is 5.14. The Labute approximate surface area is 192 Å². The van der Waals surface area contributed by atoms with Crippen LogP contribution in [0.15, 0.2) is 10.7 Å². The van der Waals surface area contributed by atoms with Gasteiger partial charge < -0.3 is 20.5 Å². The largest absolute Gasteiger partial charge is 0.396 e. The second kappa shape index (κ2) is 8.61. The lowest BCUT2D eigenvalue weighted by Gasteiger charge is -2.30. The Balaban J connectivity index is 1.46. The van der Waals surface area contributed by atoms with Gasteiger partial charge in [0.05, 0.1) is 23.0 Å². The van der Waals surface area contributed by atoms with E-state index in [1.54, 1.807) is 7.11 Å². The number of aliphatic hydroxyl groups excluding tert-OH is 1. The summed E-state index contributed by atoms with van der Waals surface area (Å²) in [5, 5.41) is 22.5. The van der Waals surface area contributed by atoms with Crippen LogP contribution >= 0.6 is 15.9 Å². The van der Waals surface area contributed by atoms with E-state index >= 15 is 0 Å². The summed E-state index contributed by atoms with van der Waals surface area (Å²) >= 11 is 3.66. The van der Waals surface area contributed by atoms with Crippen LogP contribution in [-0.4, -0.2) is 58.2 Å². The minimum Gasteiger partial charge on any atom is -0.396 e. The molecule has 0 aliphatic heterocycles. The summed E-state index contributed by atoms with van der Waals surface area (Å²) in [6, 6.07) is 1.27. The van der Waals surface area contributed by atoms with Crippen molar-refractivity contribution in [3.8, 4) is 0 Å². The molecule has 0 saturated heterocycles. The van der Waals surface area contributed by atoms with Gasteiger partial charge in [-0.25, -0.2) is 4.98 Å². The maximum Gasteiger partial charge on any atom is 0.171 e. The molecular formula is C23H34BrN5O2. The smallest absolute Gasteiger partial charge is 0.171 e. The number of hydrogen-bond acceptors (Lipinski definition) is 6. The number of halogens is 1. The van der Waals surface area contributed by atoms with Crippen LogP contribution in [0.3, 0.4) is 0 Å². The lowest BCUT2D eigenvalue weighted by atomic mass is 9.76. The molecule has 3 aliphatic rings. The van der Waals surface area contributed by atoms with E-state index in [1.807, 2.05) is 10.7 Å². The Bertz CT molecular complexity index is 942. The van der Waals surface area contributed by atoms with Gasteiger partial charge in [-0.3, -0.25) is 0 Å². The number of nitrogens with zero attached hydrogens (tertiary/aromatic N) is 3. The minimum atomic E-state index is 0.0291. The van der Waals surface area contributed by atoms with Crippen LogP contribution in [0.4, 0.5) is 5.82 Å². The molecule has 2 aromatic heterocycles. The highest BCUT2D eigenvalue weighted by atomic mass is 79.9. The van der Waals surface area contributed by atoms with Crippen molar-refractivity contribution in [3.63, 3.8) is 0 Å². The first-order chi connectivity index (χ1) is 15.1. The summed E-state index contributed by atoms with van der Waals surface area (Å²) in [5.74, 6) is 1.35. The first kappa shape index (κ1) is 21.6. The number of anilines is 1. The van der Waals surface area contributed by atoms with Gasteiger partial charge in [0.15, 0.2) is 5.65 Å². The zero-order chi connectivity index (χ0) is 21.6. The van der Waals surface area contributed by atoms with Gasteiger partial charge in [0.25, 0.3) is 0 Å². The Morgan fingerprint density at radius 3 is 2.84 bits per heavy atom. The van der Waals surface area contributed by atoms with Crippen LogP contribution < -0.4 is 10.6 Å². The van der Waals surface area contributed by atoms with Crippen molar-refractivity contribution in [3.05, 3.63) is 21.9 Å². The summed E-state index contributed by atoms with van der Waals surface area (Å²) in [6.07, 6.45) is 10.8. The average molecular weight is 492 g/mol. The molecule has 2 aromatic rings. The Hall–Kier alpha value is -1.22. The highest BCUT2D eigenvalue weighted by Gasteiger charge is 2.51. The van der Waals surface area contributed by atoms with Gasteiger partial charge in [0, 0.05) is 42.8 Å². The van der Waals surface area contributed by atoms with Crippen molar-refractivity contribution in [1.82, 2.24) is 19.9 Å². The van der Waals surface area contributed by atoms with E-state index in [-0.39, 0.29) is 17.9 Å². The van der Waals surface area contributed by atoms with E-state index in [9.17, 15) is 5.11 Å². The fraction of sp³-hybridized carbons (Fsp3) is 0.739. The first-order valence-electron chi connectivity index (χ1n) is 11.7. The van der Waals surface area contributed by atoms with Crippen LogP contribution in [0.25, 0.3) is 5.65 Å². The van der Waals surface area contributed by atoms with Crippen molar-refractivity contribution < 1.29 is 9.84 Å². The summed E-state index contributed by atoms with van der Waals surface area (Å²) in [7, 11) is 1.76. The third kappa shape index (κ3) is 3.69.